The van der Waals surface area contributed by atoms with Gasteiger partial charge in [0.05, 0.1) is 24.8 Å². The summed E-state index contributed by atoms with van der Waals surface area (Å²) in [6.07, 6.45) is -0.544. The van der Waals surface area contributed by atoms with Gasteiger partial charge in [-0.3, -0.25) is 9.59 Å². The molecule has 0 aromatic carbocycles. The molecule has 2 aliphatic rings. The van der Waals surface area contributed by atoms with Gasteiger partial charge in [-0.05, 0) is 0 Å². The van der Waals surface area contributed by atoms with Crippen LogP contribution in [0.15, 0.2) is 0 Å². The van der Waals surface area contributed by atoms with E-state index in [4.69, 9.17) is 0 Å². The van der Waals surface area contributed by atoms with Crippen molar-refractivity contribution >= 4 is 29.5 Å². The lowest BCUT2D eigenvalue weighted by Gasteiger charge is -2.24. The number of carbonyl (C=O) groups is 3. The minimum atomic E-state index is -0.752. The van der Waals surface area contributed by atoms with Gasteiger partial charge in [0.1, 0.15) is 12.6 Å². The number of β-amino-alcohol motifs (C(OH)–C–C–N with tert-alkyl or cyclic N) is 1. The molecule has 106 valence electrons. The number of hydrogen-bond acceptors (Lipinski definition) is 6. The van der Waals surface area contributed by atoms with Gasteiger partial charge in [-0.25, -0.2) is 4.79 Å². The number of esters is 1. The zero-order valence-corrected chi connectivity index (χ0v) is 11.4. The molecule has 0 spiro atoms. The first-order valence-electron chi connectivity index (χ1n) is 5.93. The van der Waals surface area contributed by atoms with E-state index in [2.05, 4.69) is 4.74 Å². The topological polar surface area (TPSA) is 87.2 Å². The minimum absolute atomic E-state index is 0.0496. The van der Waals surface area contributed by atoms with Crippen LogP contribution in [0.2, 0.25) is 0 Å². The monoisotopic (exact) mass is 288 g/mol. The van der Waals surface area contributed by atoms with Crippen LogP contribution in [-0.2, 0) is 19.1 Å². The third kappa shape index (κ3) is 3.01. The molecule has 2 saturated heterocycles. The molecule has 1 N–H and O–H groups in total. The summed E-state index contributed by atoms with van der Waals surface area (Å²) in [5.74, 6) is -0.0669. The molecule has 2 amide bonds. The third-order valence-electron chi connectivity index (χ3n) is 3.22. The fourth-order valence-corrected chi connectivity index (χ4v) is 3.15. The van der Waals surface area contributed by atoms with Crippen LogP contribution in [0, 0.1) is 0 Å². The van der Waals surface area contributed by atoms with Gasteiger partial charge in [0.25, 0.3) is 0 Å². The number of likely N-dealkylation sites (tertiary alicyclic amines) is 1. The van der Waals surface area contributed by atoms with Crippen LogP contribution in [0.3, 0.4) is 0 Å². The molecule has 2 rings (SSSR count). The Morgan fingerprint density at radius 1 is 1.53 bits per heavy atom. The van der Waals surface area contributed by atoms with Gasteiger partial charge < -0.3 is 19.6 Å². The first-order chi connectivity index (χ1) is 9.02. The highest BCUT2D eigenvalue weighted by Crippen LogP contribution is 2.21. The molecule has 7 nitrogen and oxygen atoms in total. The van der Waals surface area contributed by atoms with E-state index in [-0.39, 0.29) is 31.3 Å². The molecule has 2 unspecified atom stereocenters. The van der Waals surface area contributed by atoms with Crippen LogP contribution in [0.4, 0.5) is 0 Å². The highest BCUT2D eigenvalue weighted by atomic mass is 32.2. The normalized spacial score (nSPS) is 26.9. The number of methoxy groups -OCH3 is 1. The van der Waals surface area contributed by atoms with E-state index in [9.17, 15) is 19.5 Å². The number of thioether (sulfide) groups is 1. The molecule has 19 heavy (non-hydrogen) atoms. The average molecular weight is 288 g/mol. The van der Waals surface area contributed by atoms with E-state index < -0.39 is 18.1 Å². The Hall–Kier alpha value is -1.28. The van der Waals surface area contributed by atoms with Crippen molar-refractivity contribution < 1.29 is 24.2 Å². The number of amides is 2. The number of aliphatic hydroxyl groups is 1. The highest BCUT2D eigenvalue weighted by Gasteiger charge is 2.40. The summed E-state index contributed by atoms with van der Waals surface area (Å²) in [7, 11) is 1.25. The third-order valence-corrected chi connectivity index (χ3v) is 4.17. The van der Waals surface area contributed by atoms with Crippen molar-refractivity contribution in [2.24, 2.45) is 0 Å². The number of aliphatic hydroxyl groups excluding tert-OH is 1. The molecule has 2 fully saturated rings. The fourth-order valence-electron chi connectivity index (χ4n) is 2.24. The second kappa shape index (κ2) is 5.79. The lowest BCUT2D eigenvalue weighted by molar-refractivity contribution is -0.151. The maximum Gasteiger partial charge on any atom is 0.328 e. The van der Waals surface area contributed by atoms with Gasteiger partial charge in [-0.15, -0.1) is 11.8 Å². The first kappa shape index (κ1) is 14.1. The van der Waals surface area contributed by atoms with Crippen molar-refractivity contribution in [1.29, 1.82) is 0 Å². The lowest BCUT2D eigenvalue weighted by Crippen LogP contribution is -2.46. The first-order valence-corrected chi connectivity index (χ1v) is 7.09. The summed E-state index contributed by atoms with van der Waals surface area (Å²) in [6, 6.07) is -0.752. The van der Waals surface area contributed by atoms with E-state index in [1.165, 1.54) is 28.7 Å². The fraction of sp³-hybridized carbons (Fsp3) is 0.727. The van der Waals surface area contributed by atoms with Crippen LogP contribution in [-0.4, -0.2) is 76.7 Å². The number of ether oxygens (including phenoxy) is 1. The zero-order valence-electron chi connectivity index (χ0n) is 10.6. The Morgan fingerprint density at radius 2 is 2.26 bits per heavy atom. The summed E-state index contributed by atoms with van der Waals surface area (Å²) in [5.41, 5.74) is 0. The standard InChI is InChI=1S/C11H16N2O5S/c1-18-11(17)8-2-7(14)3-13(8)9(15)4-12-6-19-5-10(12)16/h7-8,14H,2-6H2,1H3. The molecule has 0 saturated carbocycles. The molecule has 8 heteroatoms. The van der Waals surface area contributed by atoms with Crippen LogP contribution >= 0.6 is 11.8 Å². The molecule has 0 bridgehead atoms. The van der Waals surface area contributed by atoms with Gasteiger partial charge >= 0.3 is 5.97 Å². The Bertz CT molecular complexity index is 403. The number of nitrogens with zero attached hydrogens (tertiary/aromatic N) is 2. The van der Waals surface area contributed by atoms with Crippen LogP contribution in [0.25, 0.3) is 0 Å². The van der Waals surface area contributed by atoms with Crippen molar-refractivity contribution in [3.63, 3.8) is 0 Å². The van der Waals surface area contributed by atoms with Crippen LogP contribution in [0.1, 0.15) is 6.42 Å². The Labute approximate surface area is 114 Å². The van der Waals surface area contributed by atoms with Crippen molar-refractivity contribution in [3.8, 4) is 0 Å². The Kier molecular flexibility index (Phi) is 4.31. The predicted molar refractivity (Wildman–Crippen MR) is 67.2 cm³/mol. The second-order valence-corrected chi connectivity index (χ2v) is 5.50. The van der Waals surface area contributed by atoms with E-state index >= 15 is 0 Å². The maximum atomic E-state index is 12.1. The van der Waals surface area contributed by atoms with Gasteiger partial charge in [0, 0.05) is 13.0 Å². The summed E-state index contributed by atoms with van der Waals surface area (Å²) in [5, 5.41) is 9.59. The van der Waals surface area contributed by atoms with Crippen molar-refractivity contribution in [2.75, 3.05) is 31.8 Å². The molecule has 2 aliphatic heterocycles. The maximum absolute atomic E-state index is 12.1. The van der Waals surface area contributed by atoms with Gasteiger partial charge in [0.15, 0.2) is 0 Å². The quantitative estimate of drug-likeness (QED) is 0.646. The number of hydrogen-bond donors (Lipinski definition) is 1. The average Bonchev–Trinajstić information content (AvgIpc) is 2.95. The van der Waals surface area contributed by atoms with Crippen LogP contribution < -0.4 is 0 Å². The summed E-state index contributed by atoms with van der Waals surface area (Å²) in [6.45, 7) is 0.0554. The molecule has 2 atom stereocenters. The van der Waals surface area contributed by atoms with Gasteiger partial charge in [-0.1, -0.05) is 0 Å². The molecular weight excluding hydrogens is 272 g/mol. The molecule has 2 heterocycles. The van der Waals surface area contributed by atoms with E-state index in [1.807, 2.05) is 0 Å². The second-order valence-electron chi connectivity index (χ2n) is 4.54. The predicted octanol–water partition coefficient (Wildman–Crippen LogP) is -1.35. The summed E-state index contributed by atoms with van der Waals surface area (Å²) < 4.78 is 4.63. The van der Waals surface area contributed by atoms with E-state index in [1.54, 1.807) is 0 Å². The van der Waals surface area contributed by atoms with Crippen molar-refractivity contribution in [2.45, 2.75) is 18.6 Å². The zero-order chi connectivity index (χ0) is 14.0. The minimum Gasteiger partial charge on any atom is -0.467 e. The summed E-state index contributed by atoms with van der Waals surface area (Å²) in [4.78, 5) is 37.9. The number of rotatable bonds is 3. The largest absolute Gasteiger partial charge is 0.467 e. The Morgan fingerprint density at radius 3 is 2.84 bits per heavy atom. The molecular formula is C11H16N2O5S. The Balaban J connectivity index is 2.00. The highest BCUT2D eigenvalue weighted by molar-refractivity contribution is 8.00. The molecule has 0 aromatic rings. The van der Waals surface area contributed by atoms with Crippen molar-refractivity contribution in [3.05, 3.63) is 0 Å². The summed E-state index contributed by atoms with van der Waals surface area (Å²) >= 11 is 1.45. The number of carbonyl (C=O) groups excluding carboxylic acids is 3. The van der Waals surface area contributed by atoms with Gasteiger partial charge in [0.2, 0.25) is 11.8 Å². The molecule has 0 radical (unpaired) electrons. The lowest BCUT2D eigenvalue weighted by atomic mass is 10.2. The van der Waals surface area contributed by atoms with Crippen molar-refractivity contribution in [1.82, 2.24) is 9.80 Å². The SMILES string of the molecule is COC(=O)C1CC(O)CN1C(=O)CN1CSCC1=O. The van der Waals surface area contributed by atoms with E-state index in [0.29, 0.717) is 11.6 Å². The smallest absolute Gasteiger partial charge is 0.328 e. The van der Waals surface area contributed by atoms with E-state index in [0.717, 1.165) is 0 Å². The van der Waals surface area contributed by atoms with Crippen LogP contribution in [0.5, 0.6) is 0 Å². The molecule has 0 aromatic heterocycles. The molecule has 0 aliphatic carbocycles. The van der Waals surface area contributed by atoms with Gasteiger partial charge in [-0.2, -0.15) is 0 Å².